The second-order valence-electron chi connectivity index (χ2n) is 9.06. The molecular formula is C30H32ClN3O3. The molecule has 1 unspecified atom stereocenters. The van der Waals surface area contributed by atoms with E-state index in [4.69, 9.17) is 21.4 Å². The highest BCUT2D eigenvalue weighted by atomic mass is 35.5. The monoisotopic (exact) mass is 517 g/mol. The number of aromatic nitrogens is 2. The summed E-state index contributed by atoms with van der Waals surface area (Å²) in [5.41, 5.74) is 6.15. The van der Waals surface area contributed by atoms with Crippen molar-refractivity contribution in [2.45, 2.75) is 46.1 Å². The minimum atomic E-state index is -0.321. The van der Waals surface area contributed by atoms with Gasteiger partial charge in [0.2, 0.25) is 0 Å². The molecule has 3 aromatic carbocycles. The molecule has 4 aromatic rings. The van der Waals surface area contributed by atoms with Crippen molar-refractivity contribution in [3.63, 3.8) is 0 Å². The number of hydrogen-bond acceptors (Lipinski definition) is 4. The zero-order valence-electron chi connectivity index (χ0n) is 21.5. The number of ether oxygens (including phenoxy) is 1. The summed E-state index contributed by atoms with van der Waals surface area (Å²) in [5.74, 6) is -0.546. The third kappa shape index (κ3) is 6.20. The van der Waals surface area contributed by atoms with Crippen LogP contribution in [-0.2, 0) is 9.53 Å². The summed E-state index contributed by atoms with van der Waals surface area (Å²) in [7, 11) is 0. The van der Waals surface area contributed by atoms with Crippen LogP contribution in [0.1, 0.15) is 60.6 Å². The lowest BCUT2D eigenvalue weighted by Crippen LogP contribution is -2.26. The highest BCUT2D eigenvalue weighted by molar-refractivity contribution is 6.30. The van der Waals surface area contributed by atoms with Crippen molar-refractivity contribution in [1.29, 1.82) is 0 Å². The van der Waals surface area contributed by atoms with Gasteiger partial charge in [-0.2, -0.15) is 5.10 Å². The highest BCUT2D eigenvalue weighted by Crippen LogP contribution is 2.31. The fourth-order valence-corrected chi connectivity index (χ4v) is 4.82. The smallest absolute Gasteiger partial charge is 0.307 e. The van der Waals surface area contributed by atoms with E-state index in [1.165, 1.54) is 11.1 Å². The Kier molecular flexibility index (Phi) is 8.62. The molecular weight excluding hydrogens is 486 g/mol. The molecule has 4 rings (SSSR count). The molecule has 1 aromatic heterocycles. The molecule has 0 aliphatic rings. The summed E-state index contributed by atoms with van der Waals surface area (Å²) >= 11 is 6.13. The van der Waals surface area contributed by atoms with E-state index in [-0.39, 0.29) is 30.9 Å². The molecule has 0 bridgehead atoms. The maximum absolute atomic E-state index is 12.6. The maximum Gasteiger partial charge on any atom is 0.307 e. The van der Waals surface area contributed by atoms with E-state index in [0.717, 1.165) is 39.9 Å². The van der Waals surface area contributed by atoms with Gasteiger partial charge in [0.25, 0.3) is 5.91 Å². The molecule has 0 fully saturated rings. The van der Waals surface area contributed by atoms with Crippen LogP contribution in [0.4, 0.5) is 0 Å². The van der Waals surface area contributed by atoms with Crippen LogP contribution in [0.3, 0.4) is 0 Å². The molecule has 1 N–H and O–H groups in total. The average Bonchev–Trinajstić information content (AvgIpc) is 3.30. The second-order valence-corrected chi connectivity index (χ2v) is 9.50. The third-order valence-electron chi connectivity index (χ3n) is 6.43. The number of nitrogens with one attached hydrogen (secondary N) is 1. The van der Waals surface area contributed by atoms with Gasteiger partial charge in [0, 0.05) is 22.5 Å². The molecule has 0 radical (unpaired) electrons. The minimum absolute atomic E-state index is 0.0760. The van der Waals surface area contributed by atoms with Gasteiger partial charge in [0.15, 0.2) is 0 Å². The maximum atomic E-state index is 12.6. The van der Waals surface area contributed by atoms with E-state index in [1.54, 1.807) is 19.2 Å². The van der Waals surface area contributed by atoms with Gasteiger partial charge < -0.3 is 10.1 Å². The molecule has 1 amide bonds. The van der Waals surface area contributed by atoms with Crippen LogP contribution in [0.2, 0.25) is 5.02 Å². The lowest BCUT2D eigenvalue weighted by Gasteiger charge is -2.19. The first-order valence-electron chi connectivity index (χ1n) is 12.7. The number of halogens is 1. The summed E-state index contributed by atoms with van der Waals surface area (Å²) in [6, 6.07) is 20.3. The van der Waals surface area contributed by atoms with Crippen molar-refractivity contribution in [3.8, 4) is 11.1 Å². The fraction of sp³-hybridized carbons (Fsp3) is 0.300. The number of carbonyl (C=O) groups is 2. The number of rotatable bonds is 10. The predicted molar refractivity (Wildman–Crippen MR) is 148 cm³/mol. The van der Waals surface area contributed by atoms with Crippen LogP contribution in [0.15, 0.2) is 66.9 Å². The number of aryl methyl sites for hydroxylation is 1. The normalized spacial score (nSPS) is 11.9. The molecule has 0 aliphatic carbocycles. The molecule has 7 heteroatoms. The number of benzene rings is 3. The molecule has 0 saturated heterocycles. The SMILES string of the molecule is CCCC(c1ccc(-c2ccc(Cl)cc2C)cc1)n1ncc2cc(C(=O)NCCC(=O)OCC)ccc21. The van der Waals surface area contributed by atoms with E-state index in [1.807, 2.05) is 28.9 Å². The molecule has 0 aliphatic heterocycles. The number of fused-ring (bicyclic) bond motifs is 1. The molecule has 0 saturated carbocycles. The van der Waals surface area contributed by atoms with Crippen LogP contribution in [-0.4, -0.2) is 34.8 Å². The molecule has 1 heterocycles. The standard InChI is InChI=1S/C30H32ClN3O3/c1-4-6-27(22-9-7-21(8-10-22)26-13-12-25(31)17-20(26)3)34-28-14-11-23(18-24(28)19-33-34)30(36)32-16-15-29(35)37-5-2/h7-14,17-19,27H,4-6,15-16H2,1-3H3,(H,32,36). The number of esters is 1. The van der Waals surface area contributed by atoms with Crippen molar-refractivity contribution in [2.75, 3.05) is 13.2 Å². The van der Waals surface area contributed by atoms with E-state index < -0.39 is 0 Å². The van der Waals surface area contributed by atoms with Gasteiger partial charge in [-0.25, -0.2) is 0 Å². The van der Waals surface area contributed by atoms with Crippen molar-refractivity contribution in [2.24, 2.45) is 0 Å². The zero-order valence-corrected chi connectivity index (χ0v) is 22.2. The van der Waals surface area contributed by atoms with Gasteiger partial charge >= 0.3 is 5.97 Å². The van der Waals surface area contributed by atoms with Crippen LogP contribution in [0.5, 0.6) is 0 Å². The first-order valence-corrected chi connectivity index (χ1v) is 13.1. The van der Waals surface area contributed by atoms with Crippen molar-refractivity contribution in [3.05, 3.63) is 88.6 Å². The summed E-state index contributed by atoms with van der Waals surface area (Å²) in [6.07, 6.45) is 3.89. The Balaban J connectivity index is 1.54. The summed E-state index contributed by atoms with van der Waals surface area (Å²) in [4.78, 5) is 24.1. The molecule has 1 atom stereocenters. The Labute approximate surface area is 222 Å². The molecule has 6 nitrogen and oxygen atoms in total. The van der Waals surface area contributed by atoms with E-state index in [2.05, 4.69) is 49.5 Å². The molecule has 37 heavy (non-hydrogen) atoms. The Morgan fingerprint density at radius 1 is 1.05 bits per heavy atom. The molecule has 0 spiro atoms. The van der Waals surface area contributed by atoms with Gasteiger partial charge in [-0.05, 0) is 72.9 Å². The fourth-order valence-electron chi connectivity index (χ4n) is 4.60. The van der Waals surface area contributed by atoms with Crippen LogP contribution < -0.4 is 5.32 Å². The zero-order chi connectivity index (χ0) is 26.4. The van der Waals surface area contributed by atoms with Gasteiger partial charge in [0.05, 0.1) is 30.8 Å². The number of carbonyl (C=O) groups excluding carboxylic acids is 2. The van der Waals surface area contributed by atoms with Gasteiger partial charge in [0.1, 0.15) is 0 Å². The van der Waals surface area contributed by atoms with Gasteiger partial charge in [-0.1, -0.05) is 55.3 Å². The van der Waals surface area contributed by atoms with Crippen molar-refractivity contribution < 1.29 is 14.3 Å². The van der Waals surface area contributed by atoms with Crippen molar-refractivity contribution >= 4 is 34.4 Å². The van der Waals surface area contributed by atoms with Gasteiger partial charge in [-0.15, -0.1) is 0 Å². The number of amides is 1. The largest absolute Gasteiger partial charge is 0.466 e. The van der Waals surface area contributed by atoms with E-state index in [0.29, 0.717) is 12.2 Å². The molecule has 192 valence electrons. The first-order chi connectivity index (χ1) is 17.9. The minimum Gasteiger partial charge on any atom is -0.466 e. The Bertz CT molecular complexity index is 1400. The predicted octanol–water partition coefficient (Wildman–Crippen LogP) is 6.74. The topological polar surface area (TPSA) is 73.2 Å². The summed E-state index contributed by atoms with van der Waals surface area (Å²) in [6.45, 7) is 6.56. The second kappa shape index (κ2) is 12.1. The Morgan fingerprint density at radius 3 is 2.54 bits per heavy atom. The van der Waals surface area contributed by atoms with Crippen LogP contribution in [0.25, 0.3) is 22.0 Å². The average molecular weight is 518 g/mol. The van der Waals surface area contributed by atoms with Crippen molar-refractivity contribution in [1.82, 2.24) is 15.1 Å². The van der Waals surface area contributed by atoms with Gasteiger partial charge in [-0.3, -0.25) is 14.3 Å². The van der Waals surface area contributed by atoms with E-state index in [9.17, 15) is 9.59 Å². The first kappa shape index (κ1) is 26.4. The van der Waals surface area contributed by atoms with Crippen LogP contribution in [0, 0.1) is 6.92 Å². The van der Waals surface area contributed by atoms with Crippen LogP contribution >= 0.6 is 11.6 Å². The number of hydrogen-bond donors (Lipinski definition) is 1. The lowest BCUT2D eigenvalue weighted by molar-refractivity contribution is -0.142. The quantitative estimate of drug-likeness (QED) is 0.236. The van der Waals surface area contributed by atoms with E-state index >= 15 is 0 Å². The highest BCUT2D eigenvalue weighted by Gasteiger charge is 2.18. The summed E-state index contributed by atoms with van der Waals surface area (Å²) in [5, 5.41) is 9.13. The Hall–Kier alpha value is -3.64. The lowest BCUT2D eigenvalue weighted by atomic mass is 9.96. The third-order valence-corrected chi connectivity index (χ3v) is 6.67. The number of nitrogens with zero attached hydrogens (tertiary/aromatic N) is 2. The Morgan fingerprint density at radius 2 is 1.84 bits per heavy atom. The summed E-state index contributed by atoms with van der Waals surface area (Å²) < 4.78 is 6.95.